The van der Waals surface area contributed by atoms with Crippen LogP contribution in [-0.4, -0.2) is 0 Å². The highest BCUT2D eigenvalue weighted by atomic mass is 32.2. The predicted molar refractivity (Wildman–Crippen MR) is 63.4 cm³/mol. The van der Waals surface area contributed by atoms with Crippen molar-refractivity contribution in [2.75, 3.05) is 5.73 Å². The van der Waals surface area contributed by atoms with Crippen molar-refractivity contribution in [1.82, 2.24) is 0 Å². The zero-order valence-electron chi connectivity index (χ0n) is 9.41. The number of halogens is 3. The standard InChI is InChI=1S/C12H10F3NOS/c1-7-10(4-5-17-7)18-11-3-2-8(16)6-9(11)12(13,14)15/h2-6H,16H2,1H3. The number of rotatable bonds is 2. The quantitative estimate of drug-likeness (QED) is 0.827. The summed E-state index contributed by atoms with van der Waals surface area (Å²) in [5.74, 6) is 0.588. The molecule has 0 amide bonds. The lowest BCUT2D eigenvalue weighted by atomic mass is 10.2. The van der Waals surface area contributed by atoms with Gasteiger partial charge >= 0.3 is 6.18 Å². The smallest absolute Gasteiger partial charge is 0.417 e. The van der Waals surface area contributed by atoms with Gasteiger partial charge in [0, 0.05) is 10.6 Å². The molecule has 2 rings (SSSR count). The molecule has 96 valence electrons. The second-order valence-corrected chi connectivity index (χ2v) is 4.78. The summed E-state index contributed by atoms with van der Waals surface area (Å²) in [5, 5.41) is 0. The van der Waals surface area contributed by atoms with Gasteiger partial charge in [0.2, 0.25) is 0 Å². The third kappa shape index (κ3) is 2.64. The molecule has 0 spiro atoms. The maximum atomic E-state index is 12.9. The van der Waals surface area contributed by atoms with E-state index in [1.54, 1.807) is 13.0 Å². The minimum Gasteiger partial charge on any atom is -0.468 e. The van der Waals surface area contributed by atoms with E-state index in [0.29, 0.717) is 10.7 Å². The minimum absolute atomic E-state index is 0.0931. The lowest BCUT2D eigenvalue weighted by Gasteiger charge is -2.12. The number of nitrogens with two attached hydrogens (primary N) is 1. The van der Waals surface area contributed by atoms with Gasteiger partial charge in [0.25, 0.3) is 0 Å². The number of furan rings is 1. The van der Waals surface area contributed by atoms with Gasteiger partial charge in [-0.3, -0.25) is 0 Å². The van der Waals surface area contributed by atoms with Crippen LogP contribution >= 0.6 is 11.8 Å². The molecular weight excluding hydrogens is 263 g/mol. The first-order chi connectivity index (χ1) is 8.38. The molecule has 2 aromatic rings. The molecule has 1 heterocycles. The summed E-state index contributed by atoms with van der Waals surface area (Å²) in [4.78, 5) is 0.770. The first-order valence-corrected chi connectivity index (χ1v) is 5.88. The van der Waals surface area contributed by atoms with Gasteiger partial charge in [-0.05, 0) is 31.2 Å². The van der Waals surface area contributed by atoms with Gasteiger partial charge in [-0.1, -0.05) is 11.8 Å². The van der Waals surface area contributed by atoms with E-state index in [1.807, 2.05) is 0 Å². The molecule has 2 nitrogen and oxygen atoms in total. The molecule has 0 saturated heterocycles. The fourth-order valence-corrected chi connectivity index (χ4v) is 2.43. The van der Waals surface area contributed by atoms with Gasteiger partial charge in [0.05, 0.1) is 16.7 Å². The highest BCUT2D eigenvalue weighted by Crippen LogP contribution is 2.41. The third-order valence-electron chi connectivity index (χ3n) is 2.34. The fourth-order valence-electron chi connectivity index (χ4n) is 1.46. The van der Waals surface area contributed by atoms with Crippen molar-refractivity contribution in [2.24, 2.45) is 0 Å². The van der Waals surface area contributed by atoms with Crippen LogP contribution < -0.4 is 5.73 Å². The average Bonchev–Trinajstić information content (AvgIpc) is 2.66. The van der Waals surface area contributed by atoms with E-state index in [2.05, 4.69) is 0 Å². The maximum absolute atomic E-state index is 12.9. The Kier molecular flexibility index (Phi) is 3.30. The Bertz CT molecular complexity index is 563. The van der Waals surface area contributed by atoms with Crippen molar-refractivity contribution in [3.05, 3.63) is 41.9 Å². The lowest BCUT2D eigenvalue weighted by molar-refractivity contribution is -0.139. The van der Waals surface area contributed by atoms with Crippen LogP contribution in [0.3, 0.4) is 0 Å². The molecule has 0 bridgehead atoms. The first-order valence-electron chi connectivity index (χ1n) is 5.06. The Hall–Kier alpha value is -1.56. The molecule has 2 N–H and O–H groups in total. The Labute approximate surface area is 106 Å². The number of benzene rings is 1. The molecule has 0 saturated carbocycles. The molecular formula is C12H10F3NOS. The maximum Gasteiger partial charge on any atom is 0.417 e. The van der Waals surface area contributed by atoms with Crippen molar-refractivity contribution in [1.29, 1.82) is 0 Å². The second-order valence-electron chi connectivity index (χ2n) is 3.70. The second kappa shape index (κ2) is 4.61. The first kappa shape index (κ1) is 12.9. The molecule has 1 aromatic carbocycles. The molecule has 0 unspecified atom stereocenters. The predicted octanol–water partition coefficient (Wildman–Crippen LogP) is 4.34. The van der Waals surface area contributed by atoms with Crippen molar-refractivity contribution >= 4 is 17.4 Å². The van der Waals surface area contributed by atoms with E-state index in [0.717, 1.165) is 17.8 Å². The van der Waals surface area contributed by atoms with E-state index >= 15 is 0 Å². The molecule has 0 fully saturated rings. The number of anilines is 1. The number of hydrogen-bond acceptors (Lipinski definition) is 3. The molecule has 0 aliphatic carbocycles. The van der Waals surface area contributed by atoms with Crippen molar-refractivity contribution in [3.63, 3.8) is 0 Å². The number of hydrogen-bond donors (Lipinski definition) is 1. The Morgan fingerprint density at radius 2 is 1.89 bits per heavy atom. The van der Waals surface area contributed by atoms with E-state index in [-0.39, 0.29) is 10.6 Å². The zero-order chi connectivity index (χ0) is 13.3. The Morgan fingerprint density at radius 1 is 1.17 bits per heavy atom. The van der Waals surface area contributed by atoms with Crippen molar-refractivity contribution in [3.8, 4) is 0 Å². The number of aryl methyl sites for hydroxylation is 1. The van der Waals surface area contributed by atoms with E-state index in [4.69, 9.17) is 10.2 Å². The normalized spacial score (nSPS) is 11.8. The van der Waals surface area contributed by atoms with Crippen LogP contribution in [0.1, 0.15) is 11.3 Å². The monoisotopic (exact) mass is 273 g/mol. The molecule has 0 radical (unpaired) electrons. The third-order valence-corrected chi connectivity index (χ3v) is 3.56. The summed E-state index contributed by atoms with van der Waals surface area (Å²) in [7, 11) is 0. The van der Waals surface area contributed by atoms with Gasteiger partial charge in [-0.25, -0.2) is 0 Å². The van der Waals surface area contributed by atoms with E-state index < -0.39 is 11.7 Å². The number of alkyl halides is 3. The fraction of sp³-hybridized carbons (Fsp3) is 0.167. The lowest BCUT2D eigenvalue weighted by Crippen LogP contribution is -2.07. The van der Waals surface area contributed by atoms with Gasteiger partial charge in [0.1, 0.15) is 5.76 Å². The number of nitrogen functional groups attached to an aromatic ring is 1. The molecule has 0 atom stereocenters. The van der Waals surface area contributed by atoms with E-state index in [1.165, 1.54) is 18.4 Å². The van der Waals surface area contributed by atoms with Crippen LogP contribution in [0.5, 0.6) is 0 Å². The Balaban J connectivity index is 2.42. The van der Waals surface area contributed by atoms with Gasteiger partial charge in [0.15, 0.2) is 0 Å². The van der Waals surface area contributed by atoms with Crippen LogP contribution in [0, 0.1) is 6.92 Å². The molecule has 0 aliphatic heterocycles. The summed E-state index contributed by atoms with van der Waals surface area (Å²) >= 11 is 1.01. The average molecular weight is 273 g/mol. The minimum atomic E-state index is -4.42. The highest BCUT2D eigenvalue weighted by Gasteiger charge is 2.34. The van der Waals surface area contributed by atoms with E-state index in [9.17, 15) is 13.2 Å². The highest BCUT2D eigenvalue weighted by molar-refractivity contribution is 7.99. The largest absolute Gasteiger partial charge is 0.468 e. The summed E-state index contributed by atoms with van der Waals surface area (Å²) in [5.41, 5.74) is 4.76. The van der Waals surface area contributed by atoms with Gasteiger partial charge in [-0.2, -0.15) is 13.2 Å². The molecule has 6 heteroatoms. The van der Waals surface area contributed by atoms with Gasteiger partial charge in [-0.15, -0.1) is 0 Å². The van der Waals surface area contributed by atoms with Crippen molar-refractivity contribution < 1.29 is 17.6 Å². The molecule has 18 heavy (non-hydrogen) atoms. The van der Waals surface area contributed by atoms with Crippen LogP contribution in [0.15, 0.2) is 44.7 Å². The van der Waals surface area contributed by atoms with Crippen LogP contribution in [0.25, 0.3) is 0 Å². The van der Waals surface area contributed by atoms with Gasteiger partial charge < -0.3 is 10.2 Å². The topological polar surface area (TPSA) is 39.2 Å². The SMILES string of the molecule is Cc1occc1Sc1ccc(N)cc1C(F)(F)F. The van der Waals surface area contributed by atoms with Crippen LogP contribution in [0.2, 0.25) is 0 Å². The summed E-state index contributed by atoms with van der Waals surface area (Å²) in [6, 6.07) is 5.40. The molecule has 1 aromatic heterocycles. The Morgan fingerprint density at radius 3 is 2.44 bits per heavy atom. The van der Waals surface area contributed by atoms with Crippen LogP contribution in [-0.2, 0) is 6.18 Å². The van der Waals surface area contributed by atoms with Crippen molar-refractivity contribution in [2.45, 2.75) is 22.9 Å². The summed E-state index contributed by atoms with van der Waals surface area (Å²) in [6.07, 6.45) is -2.97. The van der Waals surface area contributed by atoms with Crippen LogP contribution in [0.4, 0.5) is 18.9 Å². The molecule has 0 aliphatic rings. The zero-order valence-corrected chi connectivity index (χ0v) is 10.2. The summed E-state index contributed by atoms with van der Waals surface area (Å²) < 4.78 is 43.7. The summed E-state index contributed by atoms with van der Waals surface area (Å²) in [6.45, 7) is 1.70.